The van der Waals surface area contributed by atoms with Gasteiger partial charge in [0.05, 0.1) is 0 Å². The molecule has 0 aromatic rings. The second-order valence-corrected chi connectivity index (χ2v) is 6.04. The fourth-order valence-corrected chi connectivity index (χ4v) is 3.39. The standard InChI is InChI=1S/C12H21NO3S/c1-8(2)10(12(15)16)13(3)11(14)9-5-4-6-17-7-9/h8-10H,4-7H2,1-3H3,(H,15,16). The number of nitrogens with zero attached hydrogens (tertiary/aromatic N) is 1. The Labute approximate surface area is 107 Å². The molecule has 0 saturated carbocycles. The molecule has 0 radical (unpaired) electrons. The van der Waals surface area contributed by atoms with Gasteiger partial charge in [-0.3, -0.25) is 4.79 Å². The molecule has 17 heavy (non-hydrogen) atoms. The summed E-state index contributed by atoms with van der Waals surface area (Å²) in [5, 5.41) is 9.16. The topological polar surface area (TPSA) is 57.6 Å². The molecule has 0 aromatic heterocycles. The minimum Gasteiger partial charge on any atom is -0.480 e. The van der Waals surface area contributed by atoms with Crippen molar-refractivity contribution in [2.24, 2.45) is 11.8 Å². The van der Waals surface area contributed by atoms with Gasteiger partial charge in [-0.25, -0.2) is 4.79 Å². The molecule has 1 rings (SSSR count). The number of rotatable bonds is 4. The number of hydrogen-bond donors (Lipinski definition) is 1. The summed E-state index contributed by atoms with van der Waals surface area (Å²) in [6.45, 7) is 3.66. The Kier molecular flexibility index (Phi) is 5.31. The number of carboxylic acids is 1. The van der Waals surface area contributed by atoms with Crippen molar-refractivity contribution >= 4 is 23.6 Å². The van der Waals surface area contributed by atoms with E-state index in [2.05, 4.69) is 0 Å². The van der Waals surface area contributed by atoms with Gasteiger partial charge in [0.15, 0.2) is 0 Å². The molecular formula is C12H21NO3S. The van der Waals surface area contributed by atoms with Crippen LogP contribution in [-0.2, 0) is 9.59 Å². The third kappa shape index (κ3) is 3.63. The van der Waals surface area contributed by atoms with E-state index in [4.69, 9.17) is 5.11 Å². The van der Waals surface area contributed by atoms with E-state index >= 15 is 0 Å². The minimum atomic E-state index is -0.917. The number of carbonyl (C=O) groups excluding carboxylic acids is 1. The largest absolute Gasteiger partial charge is 0.480 e. The lowest BCUT2D eigenvalue weighted by Crippen LogP contribution is -2.48. The molecule has 0 bridgehead atoms. The van der Waals surface area contributed by atoms with Crippen molar-refractivity contribution in [1.29, 1.82) is 0 Å². The van der Waals surface area contributed by atoms with Gasteiger partial charge in [0.1, 0.15) is 6.04 Å². The van der Waals surface area contributed by atoms with Crippen LogP contribution in [0.25, 0.3) is 0 Å². The van der Waals surface area contributed by atoms with Gasteiger partial charge in [-0.1, -0.05) is 13.8 Å². The molecule has 2 atom stereocenters. The number of thioether (sulfide) groups is 1. The van der Waals surface area contributed by atoms with Crippen LogP contribution in [-0.4, -0.2) is 46.5 Å². The molecule has 1 N–H and O–H groups in total. The van der Waals surface area contributed by atoms with Crippen LogP contribution in [0.15, 0.2) is 0 Å². The van der Waals surface area contributed by atoms with E-state index < -0.39 is 12.0 Å². The molecule has 2 unspecified atom stereocenters. The molecule has 1 saturated heterocycles. The zero-order valence-corrected chi connectivity index (χ0v) is 11.5. The number of aliphatic carboxylic acids is 1. The number of carbonyl (C=O) groups is 2. The van der Waals surface area contributed by atoms with Crippen LogP contribution in [0.1, 0.15) is 26.7 Å². The lowest BCUT2D eigenvalue weighted by atomic mass is 9.99. The molecule has 1 amide bonds. The number of amides is 1. The maximum atomic E-state index is 12.2. The zero-order chi connectivity index (χ0) is 13.0. The van der Waals surface area contributed by atoms with Crippen LogP contribution in [0, 0.1) is 11.8 Å². The predicted octanol–water partition coefficient (Wildman–Crippen LogP) is 1.70. The summed E-state index contributed by atoms with van der Waals surface area (Å²) in [5.74, 6) is 0.933. The van der Waals surface area contributed by atoms with Gasteiger partial charge in [0.2, 0.25) is 5.91 Å². The Morgan fingerprint density at radius 1 is 1.41 bits per heavy atom. The summed E-state index contributed by atoms with van der Waals surface area (Å²) in [7, 11) is 1.61. The smallest absolute Gasteiger partial charge is 0.326 e. The van der Waals surface area contributed by atoms with Gasteiger partial charge < -0.3 is 10.0 Å². The van der Waals surface area contributed by atoms with E-state index in [0.29, 0.717) is 0 Å². The average Bonchev–Trinajstić information content (AvgIpc) is 2.28. The molecular weight excluding hydrogens is 238 g/mol. The van der Waals surface area contributed by atoms with Crippen molar-refractivity contribution in [3.05, 3.63) is 0 Å². The number of likely N-dealkylation sites (N-methyl/N-ethyl adjacent to an activating group) is 1. The molecule has 0 aliphatic carbocycles. The lowest BCUT2D eigenvalue weighted by Gasteiger charge is -2.32. The molecule has 1 aliphatic rings. The SMILES string of the molecule is CC(C)C(C(=O)O)N(C)C(=O)C1CCCSC1. The minimum absolute atomic E-state index is 0.000602. The highest BCUT2D eigenvalue weighted by Crippen LogP contribution is 2.25. The van der Waals surface area contributed by atoms with E-state index in [0.717, 1.165) is 24.3 Å². The van der Waals surface area contributed by atoms with Gasteiger partial charge >= 0.3 is 5.97 Å². The van der Waals surface area contributed by atoms with E-state index in [1.807, 2.05) is 13.8 Å². The second kappa shape index (κ2) is 6.28. The molecule has 0 aromatic carbocycles. The fourth-order valence-electron chi connectivity index (χ4n) is 2.26. The molecule has 5 heteroatoms. The third-order valence-corrected chi connectivity index (χ3v) is 4.37. The summed E-state index contributed by atoms with van der Waals surface area (Å²) in [4.78, 5) is 24.8. The van der Waals surface area contributed by atoms with Gasteiger partial charge in [-0.05, 0) is 24.5 Å². The van der Waals surface area contributed by atoms with Crippen LogP contribution in [0.2, 0.25) is 0 Å². The van der Waals surface area contributed by atoms with Crippen LogP contribution in [0.3, 0.4) is 0 Å². The van der Waals surface area contributed by atoms with E-state index in [-0.39, 0.29) is 17.7 Å². The Bertz CT molecular complexity index is 287. The monoisotopic (exact) mass is 259 g/mol. The summed E-state index contributed by atoms with van der Waals surface area (Å²) in [6, 6.07) is -0.713. The summed E-state index contributed by atoms with van der Waals surface area (Å²) in [6.07, 6.45) is 1.94. The van der Waals surface area contributed by atoms with E-state index in [9.17, 15) is 9.59 Å². The van der Waals surface area contributed by atoms with Gasteiger partial charge in [-0.15, -0.1) is 0 Å². The first-order valence-corrected chi connectivity index (χ1v) is 7.17. The highest BCUT2D eigenvalue weighted by atomic mass is 32.2. The van der Waals surface area contributed by atoms with Crippen molar-refractivity contribution in [2.45, 2.75) is 32.7 Å². The van der Waals surface area contributed by atoms with Crippen LogP contribution in [0.4, 0.5) is 0 Å². The fraction of sp³-hybridized carbons (Fsp3) is 0.833. The van der Waals surface area contributed by atoms with Crippen LogP contribution < -0.4 is 0 Å². The molecule has 1 heterocycles. The predicted molar refractivity (Wildman–Crippen MR) is 69.1 cm³/mol. The van der Waals surface area contributed by atoms with Crippen molar-refractivity contribution in [3.8, 4) is 0 Å². The van der Waals surface area contributed by atoms with Crippen LogP contribution >= 0.6 is 11.8 Å². The van der Waals surface area contributed by atoms with Gasteiger partial charge in [0, 0.05) is 18.7 Å². The normalized spacial score (nSPS) is 22.2. The second-order valence-electron chi connectivity index (χ2n) is 4.89. The third-order valence-electron chi connectivity index (χ3n) is 3.16. The molecule has 1 fully saturated rings. The first kappa shape index (κ1) is 14.4. The molecule has 98 valence electrons. The Morgan fingerprint density at radius 2 is 2.06 bits per heavy atom. The maximum absolute atomic E-state index is 12.2. The van der Waals surface area contributed by atoms with Crippen molar-refractivity contribution in [3.63, 3.8) is 0 Å². The molecule has 1 aliphatic heterocycles. The highest BCUT2D eigenvalue weighted by Gasteiger charge is 2.33. The van der Waals surface area contributed by atoms with Gasteiger partial charge in [0.25, 0.3) is 0 Å². The number of hydrogen-bond acceptors (Lipinski definition) is 3. The first-order valence-electron chi connectivity index (χ1n) is 6.02. The van der Waals surface area contributed by atoms with Crippen molar-refractivity contribution < 1.29 is 14.7 Å². The summed E-state index contributed by atoms with van der Waals surface area (Å²) >= 11 is 1.78. The Morgan fingerprint density at radius 3 is 2.47 bits per heavy atom. The first-order chi connectivity index (χ1) is 7.95. The molecule has 0 spiro atoms. The van der Waals surface area contributed by atoms with E-state index in [1.165, 1.54) is 4.90 Å². The lowest BCUT2D eigenvalue weighted by molar-refractivity contribution is -0.152. The highest BCUT2D eigenvalue weighted by molar-refractivity contribution is 7.99. The Hall–Kier alpha value is -0.710. The van der Waals surface area contributed by atoms with Gasteiger partial charge in [-0.2, -0.15) is 11.8 Å². The van der Waals surface area contributed by atoms with Crippen LogP contribution in [0.5, 0.6) is 0 Å². The number of carboxylic acid groups (broad SMARTS) is 1. The van der Waals surface area contributed by atoms with Crippen molar-refractivity contribution in [2.75, 3.05) is 18.6 Å². The van der Waals surface area contributed by atoms with Crippen molar-refractivity contribution in [1.82, 2.24) is 4.90 Å². The average molecular weight is 259 g/mol. The quantitative estimate of drug-likeness (QED) is 0.835. The Balaban J connectivity index is 2.68. The summed E-state index contributed by atoms with van der Waals surface area (Å²) < 4.78 is 0. The zero-order valence-electron chi connectivity index (χ0n) is 10.7. The summed E-state index contributed by atoms with van der Waals surface area (Å²) in [5.41, 5.74) is 0. The molecule has 4 nitrogen and oxygen atoms in total. The van der Waals surface area contributed by atoms with E-state index in [1.54, 1.807) is 18.8 Å². The maximum Gasteiger partial charge on any atom is 0.326 e.